The quantitative estimate of drug-likeness (QED) is 0.700. The molecule has 2 heterocycles. The van der Waals surface area contributed by atoms with Gasteiger partial charge in [-0.3, -0.25) is 4.79 Å². The lowest BCUT2D eigenvalue weighted by molar-refractivity contribution is -0.203. The van der Waals surface area contributed by atoms with E-state index in [1.54, 1.807) is 6.07 Å². The van der Waals surface area contributed by atoms with Gasteiger partial charge in [-0.25, -0.2) is 0 Å². The molecule has 2 bridgehead atoms. The number of phenols is 1. The van der Waals surface area contributed by atoms with Crippen molar-refractivity contribution in [1.82, 2.24) is 10.2 Å². The van der Waals surface area contributed by atoms with Crippen LogP contribution in [0, 0.1) is 0 Å². The van der Waals surface area contributed by atoms with Crippen molar-refractivity contribution in [2.24, 2.45) is 0 Å². The summed E-state index contributed by atoms with van der Waals surface area (Å²) in [6.45, 7) is 1.36. The molecule has 7 heteroatoms. The van der Waals surface area contributed by atoms with Gasteiger partial charge in [0.05, 0.1) is 17.4 Å². The molecule has 0 aromatic heterocycles. The van der Waals surface area contributed by atoms with Crippen molar-refractivity contribution >= 4 is 5.97 Å². The van der Waals surface area contributed by atoms with Gasteiger partial charge in [0.2, 0.25) is 0 Å². The van der Waals surface area contributed by atoms with Gasteiger partial charge in [-0.05, 0) is 50.9 Å². The van der Waals surface area contributed by atoms with Crippen molar-refractivity contribution in [2.75, 3.05) is 27.2 Å². The fourth-order valence-corrected chi connectivity index (χ4v) is 6.71. The molecular formula is C21H28N2O5. The number of nitrogens with zero attached hydrogens (tertiary/aromatic N) is 1. The highest BCUT2D eigenvalue weighted by molar-refractivity contribution is 5.67. The number of methoxy groups -OCH3 is 1. The number of aliphatic carboxylic acids is 1. The summed E-state index contributed by atoms with van der Waals surface area (Å²) in [6, 6.07) is 4.07. The number of hydrogen-bond acceptors (Lipinski definition) is 6. The summed E-state index contributed by atoms with van der Waals surface area (Å²) >= 11 is 0. The van der Waals surface area contributed by atoms with Crippen LogP contribution >= 0.6 is 0 Å². The number of nitrogens with one attached hydrogen (secondary N) is 1. The number of carbonyl (C=O) groups is 1. The minimum absolute atomic E-state index is 0.0319. The summed E-state index contributed by atoms with van der Waals surface area (Å²) in [5.41, 5.74) is 1.70. The van der Waals surface area contributed by atoms with Crippen LogP contribution in [0.3, 0.4) is 0 Å². The summed E-state index contributed by atoms with van der Waals surface area (Å²) in [6.07, 6.45) is 3.45. The summed E-state index contributed by atoms with van der Waals surface area (Å²) in [4.78, 5) is 13.4. The number of rotatable bonds is 5. The highest BCUT2D eigenvalue weighted by Gasteiger charge is 2.73. The van der Waals surface area contributed by atoms with Crippen LogP contribution in [0.1, 0.15) is 36.8 Å². The van der Waals surface area contributed by atoms with E-state index in [0.29, 0.717) is 12.3 Å². The Labute approximate surface area is 164 Å². The third-order valence-corrected chi connectivity index (χ3v) is 7.80. The maximum atomic E-state index is 11.0. The first-order chi connectivity index (χ1) is 13.4. The van der Waals surface area contributed by atoms with E-state index in [1.165, 1.54) is 5.56 Å². The number of likely N-dealkylation sites (N-methyl/N-ethyl adjacent to an activating group) is 1. The average molecular weight is 388 g/mol. The molecule has 0 radical (unpaired) electrons. The summed E-state index contributed by atoms with van der Waals surface area (Å²) in [5, 5.41) is 23.0. The molecule has 152 valence electrons. The molecular weight excluding hydrogens is 360 g/mol. The average Bonchev–Trinajstić information content (AvgIpc) is 3.03. The maximum Gasteiger partial charge on any atom is 0.304 e. The fourth-order valence-electron chi connectivity index (χ4n) is 6.71. The van der Waals surface area contributed by atoms with Gasteiger partial charge >= 0.3 is 5.97 Å². The van der Waals surface area contributed by atoms with Crippen molar-refractivity contribution in [3.63, 3.8) is 0 Å². The fraction of sp³-hybridized carbons (Fsp3) is 0.667. The number of likely N-dealkylation sites (tertiary alicyclic amines) is 1. The highest BCUT2D eigenvalue weighted by atomic mass is 16.5. The van der Waals surface area contributed by atoms with Crippen LogP contribution in [-0.4, -0.2) is 72.1 Å². The Morgan fingerprint density at radius 1 is 1.43 bits per heavy atom. The SMILES string of the molecule is CO[C@@]12CC[C@@H](NCCC(=O)O)[C@@H]3Oc4c(O)ccc5c4[C@@]31CCN(C)[C@@H]2C5. The summed E-state index contributed by atoms with van der Waals surface area (Å²) in [5.74, 6) is -0.00616. The molecule has 2 aliphatic carbocycles. The lowest BCUT2D eigenvalue weighted by atomic mass is 9.48. The van der Waals surface area contributed by atoms with Crippen molar-refractivity contribution in [1.29, 1.82) is 0 Å². The van der Waals surface area contributed by atoms with E-state index in [-0.39, 0.29) is 41.4 Å². The second-order valence-electron chi connectivity index (χ2n) is 8.74. The van der Waals surface area contributed by atoms with Crippen LogP contribution in [0.15, 0.2) is 12.1 Å². The van der Waals surface area contributed by atoms with Crippen LogP contribution < -0.4 is 10.1 Å². The largest absolute Gasteiger partial charge is 0.504 e. The number of piperidine rings is 1. The molecule has 0 amide bonds. The second kappa shape index (κ2) is 6.08. The van der Waals surface area contributed by atoms with E-state index < -0.39 is 5.97 Å². The third-order valence-electron chi connectivity index (χ3n) is 7.80. The van der Waals surface area contributed by atoms with Crippen molar-refractivity contribution in [3.8, 4) is 11.5 Å². The molecule has 2 fully saturated rings. The van der Waals surface area contributed by atoms with Gasteiger partial charge in [-0.15, -0.1) is 0 Å². The Kier molecular flexibility index (Phi) is 3.96. The highest BCUT2D eigenvalue weighted by Crippen LogP contribution is 2.66. The van der Waals surface area contributed by atoms with Crippen LogP contribution in [0.2, 0.25) is 0 Å². The van der Waals surface area contributed by atoms with Gasteiger partial charge < -0.3 is 29.9 Å². The van der Waals surface area contributed by atoms with Gasteiger partial charge in [0.15, 0.2) is 11.5 Å². The molecule has 1 aromatic carbocycles. The monoisotopic (exact) mass is 388 g/mol. The number of hydrogen-bond donors (Lipinski definition) is 3. The Hall–Kier alpha value is -1.83. The normalized spacial score (nSPS) is 38.0. The van der Waals surface area contributed by atoms with E-state index in [4.69, 9.17) is 14.6 Å². The molecule has 1 saturated heterocycles. The van der Waals surface area contributed by atoms with Crippen LogP contribution in [0.4, 0.5) is 0 Å². The zero-order chi connectivity index (χ0) is 19.7. The molecule has 5 atom stereocenters. The van der Waals surface area contributed by atoms with Gasteiger partial charge in [0.1, 0.15) is 6.10 Å². The van der Waals surface area contributed by atoms with Gasteiger partial charge in [0.25, 0.3) is 0 Å². The minimum atomic E-state index is -0.805. The molecule has 28 heavy (non-hydrogen) atoms. The van der Waals surface area contributed by atoms with Crippen LogP contribution in [0.25, 0.3) is 0 Å². The van der Waals surface area contributed by atoms with Gasteiger partial charge in [0, 0.05) is 31.3 Å². The number of phenolic OH excluding ortho intramolecular Hbond substituents is 1. The first-order valence-electron chi connectivity index (χ1n) is 10.2. The third kappa shape index (κ3) is 2.07. The Bertz CT molecular complexity index is 829. The van der Waals surface area contributed by atoms with Crippen molar-refractivity contribution in [3.05, 3.63) is 23.3 Å². The van der Waals surface area contributed by atoms with E-state index in [2.05, 4.69) is 17.3 Å². The molecule has 5 rings (SSSR count). The first-order valence-corrected chi connectivity index (χ1v) is 10.2. The smallest absolute Gasteiger partial charge is 0.304 e. The molecule has 1 aromatic rings. The second-order valence-corrected chi connectivity index (χ2v) is 8.74. The molecule has 4 aliphatic rings. The van der Waals surface area contributed by atoms with E-state index in [9.17, 15) is 9.90 Å². The maximum absolute atomic E-state index is 11.0. The molecule has 1 spiro atoms. The zero-order valence-corrected chi connectivity index (χ0v) is 16.4. The van der Waals surface area contributed by atoms with Gasteiger partial charge in [-0.2, -0.15) is 0 Å². The first kappa shape index (κ1) is 18.2. The minimum Gasteiger partial charge on any atom is -0.504 e. The Balaban J connectivity index is 1.64. The predicted molar refractivity (Wildman–Crippen MR) is 102 cm³/mol. The topological polar surface area (TPSA) is 91.3 Å². The lowest BCUT2D eigenvalue weighted by Gasteiger charge is -2.65. The van der Waals surface area contributed by atoms with Gasteiger partial charge in [-0.1, -0.05) is 6.07 Å². The summed E-state index contributed by atoms with van der Waals surface area (Å²) < 4.78 is 12.9. The molecule has 7 nitrogen and oxygen atoms in total. The number of carboxylic acids is 1. The molecule has 2 aliphatic heterocycles. The van der Waals surface area contributed by atoms with Crippen molar-refractivity contribution in [2.45, 2.75) is 61.3 Å². The summed E-state index contributed by atoms with van der Waals surface area (Å²) in [7, 11) is 3.99. The number of carboxylic acid groups (broad SMARTS) is 1. The standard InChI is InChI=1S/C21H28N2O5/c1-23-10-8-20-17-12-3-4-14(24)18(17)28-19(20)13(22-9-6-16(25)26)5-7-21(20,27-2)15(23)11-12/h3-4,13,15,19,22,24H,5-11H2,1-2H3,(H,25,26)/t13-,15-,19+,20+,21-/m1/s1. The van der Waals surface area contributed by atoms with E-state index in [0.717, 1.165) is 37.8 Å². The molecule has 0 unspecified atom stereocenters. The number of benzene rings is 1. The van der Waals surface area contributed by atoms with E-state index >= 15 is 0 Å². The lowest BCUT2D eigenvalue weighted by Crippen LogP contribution is -2.78. The van der Waals surface area contributed by atoms with Crippen LogP contribution in [0.5, 0.6) is 11.5 Å². The predicted octanol–water partition coefficient (Wildman–Crippen LogP) is 1.26. The zero-order valence-electron chi connectivity index (χ0n) is 16.4. The van der Waals surface area contributed by atoms with Crippen molar-refractivity contribution < 1.29 is 24.5 Å². The van der Waals surface area contributed by atoms with Crippen LogP contribution in [-0.2, 0) is 21.4 Å². The Morgan fingerprint density at radius 2 is 2.25 bits per heavy atom. The Morgan fingerprint density at radius 3 is 3.00 bits per heavy atom. The number of aromatic hydroxyl groups is 1. The number of ether oxygens (including phenoxy) is 2. The van der Waals surface area contributed by atoms with E-state index in [1.807, 2.05) is 13.2 Å². The molecule has 3 N–H and O–H groups in total. The molecule has 1 saturated carbocycles.